The van der Waals surface area contributed by atoms with Crippen LogP contribution in [0.3, 0.4) is 0 Å². The number of hydrogen-bond donors (Lipinski definition) is 1. The minimum Gasteiger partial charge on any atom is -0.360 e. The number of aromatic amines is 1. The lowest BCUT2D eigenvalue weighted by molar-refractivity contribution is 0.806. The van der Waals surface area contributed by atoms with E-state index in [0.717, 1.165) is 43.5 Å². The monoisotopic (exact) mass is 495 g/mol. The Morgan fingerprint density at radius 2 is 1.70 bits per heavy atom. The first kappa shape index (κ1) is 19.4. The molecule has 0 aliphatic carbocycles. The molecule has 0 aliphatic rings. The van der Waals surface area contributed by atoms with Crippen molar-refractivity contribution in [2.45, 2.75) is 6.54 Å². The SMILES string of the molecule is Clc1ccc(Cn2c(Cl)nc(-c3ccccc3)c2-c2c[nH]c3cc(Br)ccc23)cc1. The van der Waals surface area contributed by atoms with E-state index in [2.05, 4.69) is 49.7 Å². The molecule has 0 unspecified atom stereocenters. The molecular formula is C24H16BrCl2N3. The van der Waals surface area contributed by atoms with Gasteiger partial charge in [-0.1, -0.05) is 76.1 Å². The number of imidazole rings is 1. The van der Waals surface area contributed by atoms with Gasteiger partial charge in [0.15, 0.2) is 0 Å². The van der Waals surface area contributed by atoms with Crippen LogP contribution in [0.5, 0.6) is 0 Å². The standard InChI is InChI=1S/C24H16BrCl2N3/c25-17-8-11-19-20(13-28-21(19)12-17)23-22(16-4-2-1-3-5-16)29-24(27)30(23)14-15-6-9-18(26)10-7-15/h1-13,28H,14H2. The zero-order valence-corrected chi connectivity index (χ0v) is 18.8. The summed E-state index contributed by atoms with van der Waals surface area (Å²) in [5, 5.41) is 2.28. The highest BCUT2D eigenvalue weighted by Gasteiger charge is 2.22. The largest absolute Gasteiger partial charge is 0.360 e. The fraction of sp³-hybridized carbons (Fsp3) is 0.0417. The van der Waals surface area contributed by atoms with Crippen LogP contribution in [0, 0.1) is 0 Å². The van der Waals surface area contributed by atoms with E-state index < -0.39 is 0 Å². The number of nitrogens with zero attached hydrogens (tertiary/aromatic N) is 2. The first-order valence-electron chi connectivity index (χ1n) is 9.43. The molecule has 6 heteroatoms. The third kappa shape index (κ3) is 3.56. The number of H-pyrrole nitrogens is 1. The summed E-state index contributed by atoms with van der Waals surface area (Å²) < 4.78 is 3.08. The van der Waals surface area contributed by atoms with Gasteiger partial charge in [0.1, 0.15) is 0 Å². The molecule has 0 fully saturated rings. The zero-order valence-electron chi connectivity index (χ0n) is 15.7. The van der Waals surface area contributed by atoms with Gasteiger partial charge in [0.25, 0.3) is 0 Å². The van der Waals surface area contributed by atoms with Crippen molar-refractivity contribution in [3.8, 4) is 22.5 Å². The van der Waals surface area contributed by atoms with Gasteiger partial charge in [0.05, 0.1) is 17.9 Å². The second-order valence-electron chi connectivity index (χ2n) is 7.05. The van der Waals surface area contributed by atoms with Crippen LogP contribution in [-0.4, -0.2) is 14.5 Å². The number of fused-ring (bicyclic) bond motifs is 1. The first-order valence-corrected chi connectivity index (χ1v) is 11.0. The minimum absolute atomic E-state index is 0.449. The molecule has 148 valence electrons. The van der Waals surface area contributed by atoms with Crippen LogP contribution in [0.2, 0.25) is 10.3 Å². The van der Waals surface area contributed by atoms with Crippen LogP contribution >= 0.6 is 39.1 Å². The molecule has 0 bridgehead atoms. The molecule has 2 aromatic heterocycles. The number of nitrogens with one attached hydrogen (secondary N) is 1. The summed E-state index contributed by atoms with van der Waals surface area (Å²) in [6.07, 6.45) is 2.02. The zero-order chi connectivity index (χ0) is 20.7. The highest BCUT2D eigenvalue weighted by molar-refractivity contribution is 9.10. The summed E-state index contributed by atoms with van der Waals surface area (Å²) in [4.78, 5) is 8.14. The van der Waals surface area contributed by atoms with Crippen LogP contribution in [0.15, 0.2) is 83.5 Å². The van der Waals surface area contributed by atoms with Gasteiger partial charge >= 0.3 is 0 Å². The van der Waals surface area contributed by atoms with Crippen molar-refractivity contribution in [1.82, 2.24) is 14.5 Å². The van der Waals surface area contributed by atoms with Crippen molar-refractivity contribution >= 4 is 50.0 Å². The average molecular weight is 497 g/mol. The summed E-state index contributed by atoms with van der Waals surface area (Å²) in [5.74, 6) is 0. The summed E-state index contributed by atoms with van der Waals surface area (Å²) in [6.45, 7) is 0.592. The number of benzene rings is 3. The lowest BCUT2D eigenvalue weighted by Gasteiger charge is -2.11. The second kappa shape index (κ2) is 7.95. The molecular weight excluding hydrogens is 481 g/mol. The Hall–Kier alpha value is -2.53. The fourth-order valence-electron chi connectivity index (χ4n) is 3.71. The number of rotatable bonds is 4. The molecule has 0 aliphatic heterocycles. The molecule has 2 heterocycles. The third-order valence-corrected chi connectivity index (χ3v) is 6.15. The van der Waals surface area contributed by atoms with Crippen molar-refractivity contribution < 1.29 is 0 Å². The number of aromatic nitrogens is 3. The number of hydrogen-bond acceptors (Lipinski definition) is 1. The Morgan fingerprint density at radius 1 is 0.933 bits per heavy atom. The van der Waals surface area contributed by atoms with E-state index in [4.69, 9.17) is 28.2 Å². The van der Waals surface area contributed by atoms with Gasteiger partial charge in [-0.3, -0.25) is 0 Å². The molecule has 3 aromatic carbocycles. The molecule has 3 nitrogen and oxygen atoms in total. The molecule has 0 saturated heterocycles. The van der Waals surface area contributed by atoms with Gasteiger partial charge in [0.2, 0.25) is 5.28 Å². The molecule has 0 amide bonds. The maximum atomic E-state index is 6.68. The predicted molar refractivity (Wildman–Crippen MR) is 128 cm³/mol. The Labute approximate surface area is 192 Å². The number of halogens is 3. The van der Waals surface area contributed by atoms with E-state index in [1.165, 1.54) is 0 Å². The Balaban J connectivity index is 1.74. The van der Waals surface area contributed by atoms with Gasteiger partial charge in [-0.05, 0) is 41.4 Å². The summed E-state index contributed by atoms with van der Waals surface area (Å²) in [6, 6.07) is 24.2. The van der Waals surface area contributed by atoms with E-state index in [1.807, 2.05) is 54.7 Å². The van der Waals surface area contributed by atoms with Crippen molar-refractivity contribution in [2.75, 3.05) is 0 Å². The van der Waals surface area contributed by atoms with E-state index in [-0.39, 0.29) is 0 Å². The van der Waals surface area contributed by atoms with Gasteiger partial charge in [-0.15, -0.1) is 0 Å². The average Bonchev–Trinajstić information content (AvgIpc) is 3.30. The highest BCUT2D eigenvalue weighted by atomic mass is 79.9. The molecule has 5 aromatic rings. The molecule has 0 spiro atoms. The summed E-state index contributed by atoms with van der Waals surface area (Å²) in [7, 11) is 0. The van der Waals surface area contributed by atoms with Crippen LogP contribution in [0.1, 0.15) is 5.56 Å². The second-order valence-corrected chi connectivity index (χ2v) is 8.74. The van der Waals surface area contributed by atoms with Crippen molar-refractivity contribution in [3.05, 3.63) is 99.3 Å². The lowest BCUT2D eigenvalue weighted by Crippen LogP contribution is -2.02. The van der Waals surface area contributed by atoms with Crippen LogP contribution in [0.4, 0.5) is 0 Å². The normalized spacial score (nSPS) is 11.3. The minimum atomic E-state index is 0.449. The molecule has 5 rings (SSSR count). The van der Waals surface area contributed by atoms with E-state index >= 15 is 0 Å². The Bertz CT molecular complexity index is 1340. The molecule has 0 atom stereocenters. The third-order valence-electron chi connectivity index (χ3n) is 5.12. The van der Waals surface area contributed by atoms with E-state index in [0.29, 0.717) is 16.9 Å². The van der Waals surface area contributed by atoms with Crippen LogP contribution < -0.4 is 0 Å². The molecule has 30 heavy (non-hydrogen) atoms. The van der Waals surface area contributed by atoms with Crippen molar-refractivity contribution in [2.24, 2.45) is 0 Å². The van der Waals surface area contributed by atoms with Gasteiger partial charge in [-0.2, -0.15) is 0 Å². The Kier molecular flexibility index (Phi) is 5.15. The Morgan fingerprint density at radius 3 is 2.47 bits per heavy atom. The fourth-order valence-corrected chi connectivity index (χ4v) is 4.42. The maximum absolute atomic E-state index is 6.68. The molecule has 1 N–H and O–H groups in total. The molecule has 0 radical (unpaired) electrons. The predicted octanol–water partition coefficient (Wildman–Crippen LogP) is 7.82. The van der Waals surface area contributed by atoms with Gasteiger partial charge in [0, 0.05) is 37.7 Å². The summed E-state index contributed by atoms with van der Waals surface area (Å²) >= 11 is 16.3. The lowest BCUT2D eigenvalue weighted by atomic mass is 10.0. The van der Waals surface area contributed by atoms with Gasteiger partial charge < -0.3 is 9.55 Å². The smallest absolute Gasteiger partial charge is 0.204 e. The quantitative estimate of drug-likeness (QED) is 0.270. The summed E-state index contributed by atoms with van der Waals surface area (Å²) in [5.41, 5.74) is 6.07. The first-order chi connectivity index (χ1) is 14.6. The van der Waals surface area contributed by atoms with Gasteiger partial charge in [-0.25, -0.2) is 4.98 Å². The van der Waals surface area contributed by atoms with E-state index in [9.17, 15) is 0 Å². The van der Waals surface area contributed by atoms with Crippen molar-refractivity contribution in [3.63, 3.8) is 0 Å². The maximum Gasteiger partial charge on any atom is 0.204 e. The topological polar surface area (TPSA) is 33.6 Å². The van der Waals surface area contributed by atoms with Crippen LogP contribution in [-0.2, 0) is 6.54 Å². The van der Waals surface area contributed by atoms with E-state index in [1.54, 1.807) is 0 Å². The molecule has 0 saturated carbocycles. The highest BCUT2D eigenvalue weighted by Crippen LogP contribution is 2.39. The van der Waals surface area contributed by atoms with Crippen LogP contribution in [0.25, 0.3) is 33.4 Å². The van der Waals surface area contributed by atoms with Crippen molar-refractivity contribution in [1.29, 1.82) is 0 Å².